The van der Waals surface area contributed by atoms with Crippen LogP contribution in [0.2, 0.25) is 5.02 Å². The number of aromatic amines is 1. The minimum atomic E-state index is -3.81. The minimum Gasteiger partial charge on any atom is -0.285 e. The van der Waals surface area contributed by atoms with Crippen LogP contribution in [-0.4, -0.2) is 18.6 Å². The van der Waals surface area contributed by atoms with Crippen LogP contribution in [0.15, 0.2) is 35.5 Å². The lowest BCUT2D eigenvalue weighted by Crippen LogP contribution is -2.07. The van der Waals surface area contributed by atoms with E-state index >= 15 is 0 Å². The third-order valence-corrected chi connectivity index (χ3v) is 4.32. The Balaban J connectivity index is 2.45. The van der Waals surface area contributed by atoms with Gasteiger partial charge in [-0.05, 0) is 12.1 Å². The number of halogens is 2. The maximum absolute atomic E-state index is 13.5. The molecule has 2 rings (SSSR count). The number of benzene rings is 1. The smallest absolute Gasteiger partial charge is 0.187 e. The lowest BCUT2D eigenvalue weighted by atomic mass is 10.3. The number of aromatic nitrogens is 2. The van der Waals surface area contributed by atoms with Crippen LogP contribution in [0, 0.1) is 5.82 Å². The van der Waals surface area contributed by atoms with Crippen molar-refractivity contribution in [2.75, 3.05) is 0 Å². The van der Waals surface area contributed by atoms with E-state index in [4.69, 9.17) is 11.6 Å². The van der Waals surface area contributed by atoms with Crippen molar-refractivity contribution in [3.63, 3.8) is 0 Å². The Morgan fingerprint density at radius 2 is 2.18 bits per heavy atom. The van der Waals surface area contributed by atoms with Crippen molar-refractivity contribution >= 4 is 21.4 Å². The molecule has 1 heterocycles. The molecule has 0 radical (unpaired) electrons. The number of H-pyrrole nitrogens is 1. The Kier molecular flexibility index (Phi) is 3.17. The summed E-state index contributed by atoms with van der Waals surface area (Å²) >= 11 is 5.71. The first kappa shape index (κ1) is 12.1. The molecule has 0 spiro atoms. The van der Waals surface area contributed by atoms with E-state index in [9.17, 15) is 12.8 Å². The zero-order valence-electron chi connectivity index (χ0n) is 8.52. The van der Waals surface area contributed by atoms with E-state index in [1.807, 2.05) is 0 Å². The molecule has 0 amide bonds. The molecule has 0 bridgehead atoms. The molecule has 0 fully saturated rings. The van der Waals surface area contributed by atoms with Crippen LogP contribution in [0.25, 0.3) is 0 Å². The van der Waals surface area contributed by atoms with Crippen molar-refractivity contribution in [2.45, 2.75) is 10.6 Å². The number of hydrogen-bond donors (Lipinski definition) is 1. The van der Waals surface area contributed by atoms with Gasteiger partial charge in [0.1, 0.15) is 10.7 Å². The van der Waals surface area contributed by atoms with Crippen LogP contribution in [-0.2, 0) is 15.6 Å². The van der Waals surface area contributed by atoms with Crippen molar-refractivity contribution in [3.8, 4) is 0 Å². The van der Waals surface area contributed by atoms with Gasteiger partial charge >= 0.3 is 0 Å². The molecule has 1 aromatic carbocycles. The van der Waals surface area contributed by atoms with Crippen LogP contribution >= 0.6 is 11.6 Å². The van der Waals surface area contributed by atoms with Gasteiger partial charge in [-0.2, -0.15) is 5.10 Å². The van der Waals surface area contributed by atoms with Gasteiger partial charge in [0.05, 0.1) is 17.0 Å². The molecule has 0 aliphatic rings. The average molecular weight is 275 g/mol. The van der Waals surface area contributed by atoms with Crippen molar-refractivity contribution in [3.05, 3.63) is 47.0 Å². The molecule has 0 unspecified atom stereocenters. The first-order valence-electron chi connectivity index (χ1n) is 4.65. The molecule has 0 aliphatic heterocycles. The van der Waals surface area contributed by atoms with Gasteiger partial charge in [0.15, 0.2) is 9.84 Å². The van der Waals surface area contributed by atoms with Gasteiger partial charge in [-0.15, -0.1) is 0 Å². The Bertz CT molecular complexity index is 606. The first-order valence-corrected chi connectivity index (χ1v) is 6.68. The standard InChI is InChI=1S/C10H8ClFN2O2S/c11-8-2-1-3-9(12)10(8)17(15,16)6-7-4-13-14-5-7/h1-5H,6H2,(H,13,14). The van der Waals surface area contributed by atoms with E-state index in [1.165, 1.54) is 24.5 Å². The molecule has 0 aliphatic carbocycles. The molecule has 7 heteroatoms. The van der Waals surface area contributed by atoms with Gasteiger partial charge in [0.25, 0.3) is 0 Å². The van der Waals surface area contributed by atoms with E-state index < -0.39 is 20.5 Å². The summed E-state index contributed by atoms with van der Waals surface area (Å²) < 4.78 is 37.4. The SMILES string of the molecule is O=S(=O)(Cc1cn[nH]c1)c1c(F)cccc1Cl. The highest BCUT2D eigenvalue weighted by atomic mass is 35.5. The molecular formula is C10H8ClFN2O2S. The first-order chi connectivity index (χ1) is 8.00. The van der Waals surface area contributed by atoms with Gasteiger partial charge in [0, 0.05) is 11.8 Å². The van der Waals surface area contributed by atoms with Crippen molar-refractivity contribution in [2.24, 2.45) is 0 Å². The van der Waals surface area contributed by atoms with Crippen LogP contribution in [0.5, 0.6) is 0 Å². The summed E-state index contributed by atoms with van der Waals surface area (Å²) in [4.78, 5) is -0.470. The Morgan fingerprint density at radius 3 is 2.76 bits per heavy atom. The molecule has 1 N–H and O–H groups in total. The Labute approximate surface area is 102 Å². The van der Waals surface area contributed by atoms with Crippen LogP contribution in [0.1, 0.15) is 5.56 Å². The summed E-state index contributed by atoms with van der Waals surface area (Å²) in [7, 11) is -3.81. The normalized spacial score (nSPS) is 11.6. The second-order valence-electron chi connectivity index (χ2n) is 3.42. The minimum absolute atomic E-state index is 0.117. The predicted molar refractivity (Wildman–Crippen MR) is 60.9 cm³/mol. The molecule has 1 aromatic heterocycles. The van der Waals surface area contributed by atoms with E-state index in [1.54, 1.807) is 0 Å². The van der Waals surface area contributed by atoms with E-state index in [0.717, 1.165) is 6.07 Å². The Morgan fingerprint density at radius 1 is 1.41 bits per heavy atom. The van der Waals surface area contributed by atoms with Crippen molar-refractivity contribution < 1.29 is 12.8 Å². The number of rotatable bonds is 3. The second kappa shape index (κ2) is 4.46. The summed E-state index contributed by atoms with van der Waals surface area (Å²) in [6, 6.07) is 3.76. The lowest BCUT2D eigenvalue weighted by Gasteiger charge is -2.06. The predicted octanol–water partition coefficient (Wildman–Crippen LogP) is 2.18. The van der Waals surface area contributed by atoms with E-state index in [-0.39, 0.29) is 10.8 Å². The Hall–Kier alpha value is -1.40. The van der Waals surface area contributed by atoms with Crippen LogP contribution in [0.3, 0.4) is 0 Å². The average Bonchev–Trinajstić information content (AvgIpc) is 2.68. The lowest BCUT2D eigenvalue weighted by molar-refractivity contribution is 0.566. The molecule has 0 atom stereocenters. The van der Waals surface area contributed by atoms with Gasteiger partial charge in [-0.1, -0.05) is 17.7 Å². The zero-order valence-corrected chi connectivity index (χ0v) is 10.1. The number of nitrogens with one attached hydrogen (secondary N) is 1. The topological polar surface area (TPSA) is 62.8 Å². The van der Waals surface area contributed by atoms with Crippen molar-refractivity contribution in [1.29, 1.82) is 0 Å². The van der Waals surface area contributed by atoms with Crippen LogP contribution < -0.4 is 0 Å². The fraction of sp³-hybridized carbons (Fsp3) is 0.100. The van der Waals surface area contributed by atoms with Crippen LogP contribution in [0.4, 0.5) is 4.39 Å². The summed E-state index contributed by atoms with van der Waals surface area (Å²) in [5, 5.41) is 6.00. The van der Waals surface area contributed by atoms with Gasteiger partial charge in [-0.25, -0.2) is 12.8 Å². The summed E-state index contributed by atoms with van der Waals surface area (Å²) in [5.74, 6) is -1.19. The highest BCUT2D eigenvalue weighted by molar-refractivity contribution is 7.90. The molecule has 17 heavy (non-hydrogen) atoms. The third kappa shape index (κ3) is 2.48. The summed E-state index contributed by atoms with van der Waals surface area (Å²) in [5.41, 5.74) is 0.448. The number of nitrogens with zero attached hydrogens (tertiary/aromatic N) is 1. The fourth-order valence-corrected chi connectivity index (χ4v) is 3.41. The largest absolute Gasteiger partial charge is 0.285 e. The third-order valence-electron chi connectivity index (χ3n) is 2.14. The van der Waals surface area contributed by atoms with Gasteiger partial charge in [0.2, 0.25) is 0 Å². The number of sulfone groups is 1. The quantitative estimate of drug-likeness (QED) is 0.933. The maximum atomic E-state index is 13.5. The molecule has 2 aromatic rings. The highest BCUT2D eigenvalue weighted by Crippen LogP contribution is 2.26. The molecule has 90 valence electrons. The summed E-state index contributed by atoms with van der Waals surface area (Å²) in [6.45, 7) is 0. The monoisotopic (exact) mass is 274 g/mol. The second-order valence-corrected chi connectivity index (χ2v) is 5.75. The van der Waals surface area contributed by atoms with Crippen molar-refractivity contribution in [1.82, 2.24) is 10.2 Å². The van der Waals surface area contributed by atoms with E-state index in [2.05, 4.69) is 10.2 Å². The molecular weight excluding hydrogens is 267 g/mol. The maximum Gasteiger partial charge on any atom is 0.187 e. The number of hydrogen-bond acceptors (Lipinski definition) is 3. The molecule has 0 saturated carbocycles. The van der Waals surface area contributed by atoms with Gasteiger partial charge in [-0.3, -0.25) is 5.10 Å². The zero-order chi connectivity index (χ0) is 12.5. The molecule has 4 nitrogen and oxygen atoms in total. The summed E-state index contributed by atoms with van der Waals surface area (Å²) in [6.07, 6.45) is 2.80. The molecule has 0 saturated heterocycles. The highest BCUT2D eigenvalue weighted by Gasteiger charge is 2.23. The fourth-order valence-electron chi connectivity index (χ4n) is 1.43. The van der Waals surface area contributed by atoms with E-state index in [0.29, 0.717) is 5.56 Å². The van der Waals surface area contributed by atoms with Gasteiger partial charge < -0.3 is 0 Å².